The van der Waals surface area contributed by atoms with E-state index in [9.17, 15) is 5.11 Å². The average Bonchev–Trinajstić information content (AvgIpc) is 2.32. The number of ether oxygens (including phenoxy) is 1. The van der Waals surface area contributed by atoms with E-state index in [0.29, 0.717) is 0 Å². The van der Waals surface area contributed by atoms with E-state index < -0.39 is 5.60 Å². The second-order valence-corrected chi connectivity index (χ2v) is 5.90. The van der Waals surface area contributed by atoms with Crippen LogP contribution in [0.1, 0.15) is 31.2 Å². The third-order valence-corrected chi connectivity index (χ3v) is 4.08. The number of methoxy groups -OCH3 is 1. The molecule has 2 atom stereocenters. The molecule has 0 amide bonds. The van der Waals surface area contributed by atoms with Gasteiger partial charge in [0.05, 0.1) is 11.7 Å². The van der Waals surface area contributed by atoms with Crippen molar-refractivity contribution in [3.8, 4) is 0 Å². The van der Waals surface area contributed by atoms with Crippen molar-refractivity contribution in [3.63, 3.8) is 0 Å². The number of benzene rings is 1. The molecule has 1 N–H and O–H groups in total. The van der Waals surface area contributed by atoms with E-state index in [4.69, 9.17) is 4.74 Å². The molecule has 1 aliphatic carbocycles. The molecule has 2 unspecified atom stereocenters. The standard InChI is InChI=1S/C14H19BrO2/c1-17-13-3-2-8-14(16,10-13)9-11-4-6-12(15)7-5-11/h4-7,13,16H,2-3,8-10H2,1H3. The van der Waals surface area contributed by atoms with E-state index in [0.717, 1.165) is 36.6 Å². The number of hydrogen-bond acceptors (Lipinski definition) is 2. The van der Waals surface area contributed by atoms with Gasteiger partial charge < -0.3 is 9.84 Å². The molecule has 1 aromatic carbocycles. The topological polar surface area (TPSA) is 29.5 Å². The Kier molecular flexibility index (Phi) is 4.23. The van der Waals surface area contributed by atoms with Crippen LogP contribution in [0, 0.1) is 0 Å². The SMILES string of the molecule is COC1CCCC(O)(Cc2ccc(Br)cc2)C1. The molecule has 1 aromatic rings. The highest BCUT2D eigenvalue weighted by molar-refractivity contribution is 9.10. The molecule has 0 heterocycles. The molecule has 3 heteroatoms. The summed E-state index contributed by atoms with van der Waals surface area (Å²) >= 11 is 3.42. The van der Waals surface area contributed by atoms with Crippen LogP contribution < -0.4 is 0 Å². The summed E-state index contributed by atoms with van der Waals surface area (Å²) in [5.41, 5.74) is 0.597. The van der Waals surface area contributed by atoms with Gasteiger partial charge in [0, 0.05) is 24.4 Å². The molecule has 94 valence electrons. The van der Waals surface area contributed by atoms with E-state index in [1.807, 2.05) is 12.1 Å². The largest absolute Gasteiger partial charge is 0.389 e. The first-order valence-electron chi connectivity index (χ1n) is 6.11. The van der Waals surface area contributed by atoms with Gasteiger partial charge in [0.25, 0.3) is 0 Å². The van der Waals surface area contributed by atoms with Crippen LogP contribution in [0.5, 0.6) is 0 Å². The first kappa shape index (κ1) is 13.1. The average molecular weight is 299 g/mol. The first-order valence-corrected chi connectivity index (χ1v) is 6.90. The Morgan fingerprint density at radius 1 is 1.41 bits per heavy atom. The first-order chi connectivity index (χ1) is 8.11. The van der Waals surface area contributed by atoms with Gasteiger partial charge in [-0.05, 0) is 37.0 Å². The molecule has 0 bridgehead atoms. The van der Waals surface area contributed by atoms with E-state index in [1.165, 1.54) is 5.56 Å². The summed E-state index contributed by atoms with van der Waals surface area (Å²) in [6.07, 6.45) is 4.68. The third kappa shape index (κ3) is 3.54. The highest BCUT2D eigenvalue weighted by atomic mass is 79.9. The van der Waals surface area contributed by atoms with E-state index in [1.54, 1.807) is 7.11 Å². The Balaban J connectivity index is 2.03. The van der Waals surface area contributed by atoms with Crippen LogP contribution >= 0.6 is 15.9 Å². The van der Waals surface area contributed by atoms with Gasteiger partial charge in [-0.25, -0.2) is 0 Å². The predicted molar refractivity (Wildman–Crippen MR) is 72.1 cm³/mol. The van der Waals surface area contributed by atoms with Crippen LogP contribution in [0.25, 0.3) is 0 Å². The summed E-state index contributed by atoms with van der Waals surface area (Å²) in [6.45, 7) is 0. The Bertz CT molecular complexity index is 363. The molecule has 2 rings (SSSR count). The monoisotopic (exact) mass is 298 g/mol. The Labute approximate surface area is 111 Å². The Morgan fingerprint density at radius 3 is 2.76 bits per heavy atom. The van der Waals surface area contributed by atoms with Gasteiger partial charge in [-0.1, -0.05) is 28.1 Å². The van der Waals surface area contributed by atoms with Gasteiger partial charge in [-0.15, -0.1) is 0 Å². The zero-order valence-electron chi connectivity index (χ0n) is 10.2. The van der Waals surface area contributed by atoms with Crippen molar-refractivity contribution < 1.29 is 9.84 Å². The minimum atomic E-state index is -0.591. The van der Waals surface area contributed by atoms with Gasteiger partial charge in [0.15, 0.2) is 0 Å². The minimum Gasteiger partial charge on any atom is -0.389 e. The molecule has 0 spiro atoms. The van der Waals surface area contributed by atoms with Gasteiger partial charge >= 0.3 is 0 Å². The molecular weight excluding hydrogens is 280 g/mol. The maximum absolute atomic E-state index is 10.6. The van der Waals surface area contributed by atoms with Crippen molar-refractivity contribution in [2.45, 2.75) is 43.8 Å². The van der Waals surface area contributed by atoms with Crippen LogP contribution in [0.3, 0.4) is 0 Å². The Hall–Kier alpha value is -0.380. The lowest BCUT2D eigenvalue weighted by atomic mass is 9.79. The van der Waals surface area contributed by atoms with Gasteiger partial charge in [0.1, 0.15) is 0 Å². The van der Waals surface area contributed by atoms with Crippen molar-refractivity contribution in [2.24, 2.45) is 0 Å². The highest BCUT2D eigenvalue weighted by Gasteiger charge is 2.34. The fourth-order valence-electron chi connectivity index (χ4n) is 2.63. The van der Waals surface area contributed by atoms with Crippen LogP contribution in [-0.4, -0.2) is 23.9 Å². The van der Waals surface area contributed by atoms with Gasteiger partial charge in [-0.2, -0.15) is 0 Å². The van der Waals surface area contributed by atoms with Gasteiger partial charge in [0.2, 0.25) is 0 Å². The number of hydrogen-bond donors (Lipinski definition) is 1. The van der Waals surface area contributed by atoms with Crippen molar-refractivity contribution in [2.75, 3.05) is 7.11 Å². The lowest BCUT2D eigenvalue weighted by molar-refractivity contribution is -0.0581. The highest BCUT2D eigenvalue weighted by Crippen LogP contribution is 2.32. The van der Waals surface area contributed by atoms with E-state index >= 15 is 0 Å². The van der Waals surface area contributed by atoms with Crippen molar-refractivity contribution in [3.05, 3.63) is 34.3 Å². The number of rotatable bonds is 3. The fraction of sp³-hybridized carbons (Fsp3) is 0.571. The maximum atomic E-state index is 10.6. The normalized spacial score (nSPS) is 29.2. The second kappa shape index (κ2) is 5.51. The molecule has 1 aliphatic rings. The predicted octanol–water partition coefficient (Wildman–Crippen LogP) is 3.31. The fourth-order valence-corrected chi connectivity index (χ4v) is 2.90. The summed E-state index contributed by atoms with van der Waals surface area (Å²) in [4.78, 5) is 0. The van der Waals surface area contributed by atoms with Crippen molar-refractivity contribution in [1.29, 1.82) is 0 Å². The molecule has 0 saturated heterocycles. The summed E-state index contributed by atoms with van der Waals surface area (Å²) in [6, 6.07) is 8.18. The summed E-state index contributed by atoms with van der Waals surface area (Å²) in [5, 5.41) is 10.6. The molecule has 0 aliphatic heterocycles. The summed E-state index contributed by atoms with van der Waals surface area (Å²) in [7, 11) is 1.73. The lowest BCUT2D eigenvalue weighted by Gasteiger charge is -2.36. The third-order valence-electron chi connectivity index (χ3n) is 3.56. The van der Waals surface area contributed by atoms with Crippen molar-refractivity contribution >= 4 is 15.9 Å². The van der Waals surface area contributed by atoms with E-state index in [-0.39, 0.29) is 6.10 Å². The van der Waals surface area contributed by atoms with Crippen LogP contribution in [0.2, 0.25) is 0 Å². The Morgan fingerprint density at radius 2 is 2.12 bits per heavy atom. The van der Waals surface area contributed by atoms with Crippen LogP contribution in [0.4, 0.5) is 0 Å². The molecule has 1 saturated carbocycles. The van der Waals surface area contributed by atoms with Crippen LogP contribution in [0.15, 0.2) is 28.7 Å². The lowest BCUT2D eigenvalue weighted by Crippen LogP contribution is -2.40. The van der Waals surface area contributed by atoms with E-state index in [2.05, 4.69) is 28.1 Å². The van der Waals surface area contributed by atoms with Crippen molar-refractivity contribution in [1.82, 2.24) is 0 Å². The zero-order chi connectivity index (χ0) is 12.3. The quantitative estimate of drug-likeness (QED) is 0.928. The molecular formula is C14H19BrO2. The molecule has 2 nitrogen and oxygen atoms in total. The summed E-state index contributed by atoms with van der Waals surface area (Å²) < 4.78 is 6.45. The number of aliphatic hydroxyl groups is 1. The van der Waals surface area contributed by atoms with Gasteiger partial charge in [-0.3, -0.25) is 0 Å². The zero-order valence-corrected chi connectivity index (χ0v) is 11.7. The minimum absolute atomic E-state index is 0.212. The molecule has 0 radical (unpaired) electrons. The molecule has 0 aromatic heterocycles. The molecule has 1 fully saturated rings. The summed E-state index contributed by atoms with van der Waals surface area (Å²) in [5.74, 6) is 0. The molecule has 17 heavy (non-hydrogen) atoms. The smallest absolute Gasteiger partial charge is 0.0712 e. The maximum Gasteiger partial charge on any atom is 0.0712 e. The number of halogens is 1. The second-order valence-electron chi connectivity index (χ2n) is 4.98. The van der Waals surface area contributed by atoms with Crippen LogP contribution in [-0.2, 0) is 11.2 Å².